The quantitative estimate of drug-likeness (QED) is 0.739. The van der Waals surface area contributed by atoms with Crippen molar-refractivity contribution >= 4 is 0 Å². The second-order valence-electron chi connectivity index (χ2n) is 2.43. The molecule has 0 unspecified atom stereocenters. The average molecular weight is 187 g/mol. The maximum Gasteiger partial charge on any atom is 0.0886 e. The number of hydrogen-bond acceptors (Lipinski definition) is 3. The van der Waals surface area contributed by atoms with Crippen LogP contribution < -0.4 is 5.73 Å². The minimum atomic E-state index is 0.915. The maximum atomic E-state index is 4.50. The van der Waals surface area contributed by atoms with Crippen molar-refractivity contribution < 1.29 is 0 Å². The number of hydrogen-bond donors (Lipinski definition) is 1. The van der Waals surface area contributed by atoms with Crippen LogP contribution in [0.25, 0.3) is 11.4 Å². The topological polar surface area (TPSA) is 51.8 Å². The predicted molar refractivity (Wildman–Crippen MR) is 57.6 cm³/mol. The molecule has 0 aromatic carbocycles. The van der Waals surface area contributed by atoms with Crippen molar-refractivity contribution in [1.29, 1.82) is 0 Å². The van der Waals surface area contributed by atoms with Gasteiger partial charge in [0.25, 0.3) is 0 Å². The summed E-state index contributed by atoms with van der Waals surface area (Å²) >= 11 is 0. The first-order valence-corrected chi connectivity index (χ1v) is 4.37. The predicted octanol–water partition coefficient (Wildman–Crippen LogP) is 1.72. The molecular formula is C11H13N3. The Morgan fingerprint density at radius 3 is 1.50 bits per heavy atom. The Hall–Kier alpha value is -1.74. The first-order chi connectivity index (χ1) is 6.97. The molecule has 3 heteroatoms. The lowest BCUT2D eigenvalue weighted by molar-refractivity contribution is 1.25. The Labute approximate surface area is 83.6 Å². The van der Waals surface area contributed by atoms with Gasteiger partial charge in [-0.15, -0.1) is 0 Å². The first kappa shape index (κ1) is 10.3. The zero-order valence-electron chi connectivity index (χ0n) is 8.09. The first-order valence-electron chi connectivity index (χ1n) is 4.37. The van der Waals surface area contributed by atoms with Gasteiger partial charge in [0, 0.05) is 12.4 Å². The molecule has 0 fully saturated rings. The van der Waals surface area contributed by atoms with Crippen LogP contribution in [0.3, 0.4) is 0 Å². The molecule has 2 rings (SSSR count). The van der Waals surface area contributed by atoms with E-state index in [-0.39, 0.29) is 0 Å². The van der Waals surface area contributed by atoms with Gasteiger partial charge in [-0.3, -0.25) is 9.97 Å². The molecule has 0 spiro atoms. The zero-order chi connectivity index (χ0) is 10.2. The third-order valence-electron chi connectivity index (χ3n) is 1.59. The number of nitrogens with zero attached hydrogens (tertiary/aromatic N) is 2. The lowest BCUT2D eigenvalue weighted by atomic mass is 10.2. The van der Waals surface area contributed by atoms with Crippen molar-refractivity contribution in [3.8, 4) is 11.4 Å². The van der Waals surface area contributed by atoms with E-state index in [1.807, 2.05) is 36.4 Å². The van der Waals surface area contributed by atoms with Crippen LogP contribution in [0.4, 0.5) is 0 Å². The van der Waals surface area contributed by atoms with Gasteiger partial charge in [0.2, 0.25) is 0 Å². The Bertz CT molecular complexity index is 308. The van der Waals surface area contributed by atoms with Crippen molar-refractivity contribution in [3.63, 3.8) is 0 Å². The molecule has 2 aromatic rings. The smallest absolute Gasteiger partial charge is 0.0886 e. The second kappa shape index (κ2) is 5.83. The minimum absolute atomic E-state index is 0.915. The fraction of sp³-hybridized carbons (Fsp3) is 0.0909. The van der Waals surface area contributed by atoms with E-state index in [1.165, 1.54) is 7.05 Å². The van der Waals surface area contributed by atoms with Crippen LogP contribution in [0.1, 0.15) is 0 Å². The molecule has 3 nitrogen and oxygen atoms in total. The lowest BCUT2D eigenvalue weighted by Gasteiger charge is -1.96. The van der Waals surface area contributed by atoms with Crippen molar-refractivity contribution in [3.05, 3.63) is 48.8 Å². The van der Waals surface area contributed by atoms with Crippen LogP contribution in [0.2, 0.25) is 0 Å². The van der Waals surface area contributed by atoms with Gasteiger partial charge in [0.1, 0.15) is 0 Å². The molecule has 0 atom stereocenters. The van der Waals surface area contributed by atoms with Crippen LogP contribution in [-0.4, -0.2) is 17.0 Å². The molecule has 0 aliphatic heterocycles. The summed E-state index contributed by atoms with van der Waals surface area (Å²) in [6, 6.07) is 11.6. The molecule has 0 aliphatic carbocycles. The van der Waals surface area contributed by atoms with Gasteiger partial charge < -0.3 is 5.73 Å². The van der Waals surface area contributed by atoms with Crippen molar-refractivity contribution in [1.82, 2.24) is 9.97 Å². The molecule has 2 N–H and O–H groups in total. The normalized spacial score (nSPS) is 8.71. The molecule has 0 saturated heterocycles. The Balaban J connectivity index is 0.000000461. The van der Waals surface area contributed by atoms with E-state index in [0.29, 0.717) is 0 Å². The molecule has 0 amide bonds. The molecule has 2 heterocycles. The van der Waals surface area contributed by atoms with Crippen LogP contribution in [-0.2, 0) is 0 Å². The van der Waals surface area contributed by atoms with E-state index in [4.69, 9.17) is 0 Å². The van der Waals surface area contributed by atoms with Crippen molar-refractivity contribution in [2.45, 2.75) is 0 Å². The molecule has 0 saturated carbocycles. The summed E-state index contributed by atoms with van der Waals surface area (Å²) in [5.74, 6) is 0. The summed E-state index contributed by atoms with van der Waals surface area (Å²) in [4.78, 5) is 8.37. The fourth-order valence-electron chi connectivity index (χ4n) is 1.03. The SMILES string of the molecule is CN.c1ccc(-c2ccccn2)nc1. The molecule has 0 radical (unpaired) electrons. The summed E-state index contributed by atoms with van der Waals surface area (Å²) in [7, 11) is 1.50. The Morgan fingerprint density at radius 2 is 1.21 bits per heavy atom. The van der Waals surface area contributed by atoms with Gasteiger partial charge in [-0.2, -0.15) is 0 Å². The average Bonchev–Trinajstić information content (AvgIpc) is 2.34. The number of aromatic nitrogens is 2. The van der Waals surface area contributed by atoms with E-state index in [1.54, 1.807) is 12.4 Å². The van der Waals surface area contributed by atoms with Crippen LogP contribution >= 0.6 is 0 Å². The van der Waals surface area contributed by atoms with E-state index in [0.717, 1.165) is 11.4 Å². The van der Waals surface area contributed by atoms with Crippen LogP contribution in [0.15, 0.2) is 48.8 Å². The van der Waals surface area contributed by atoms with Gasteiger partial charge >= 0.3 is 0 Å². The lowest BCUT2D eigenvalue weighted by Crippen LogP contribution is -1.83. The van der Waals surface area contributed by atoms with E-state index in [2.05, 4.69) is 15.7 Å². The Morgan fingerprint density at radius 1 is 0.786 bits per heavy atom. The summed E-state index contributed by atoms with van der Waals surface area (Å²) in [6.07, 6.45) is 3.54. The fourth-order valence-corrected chi connectivity index (χ4v) is 1.03. The molecule has 0 bridgehead atoms. The largest absolute Gasteiger partial charge is 0.333 e. The summed E-state index contributed by atoms with van der Waals surface area (Å²) in [6.45, 7) is 0. The van der Waals surface area contributed by atoms with E-state index < -0.39 is 0 Å². The summed E-state index contributed by atoms with van der Waals surface area (Å²) in [5, 5.41) is 0. The number of pyridine rings is 2. The van der Waals surface area contributed by atoms with Crippen LogP contribution in [0, 0.1) is 0 Å². The number of rotatable bonds is 1. The molecular weight excluding hydrogens is 174 g/mol. The third-order valence-corrected chi connectivity index (χ3v) is 1.59. The highest BCUT2D eigenvalue weighted by Crippen LogP contribution is 2.10. The molecule has 0 aliphatic rings. The highest BCUT2D eigenvalue weighted by Gasteiger charge is 1.95. The van der Waals surface area contributed by atoms with E-state index in [9.17, 15) is 0 Å². The van der Waals surface area contributed by atoms with Crippen molar-refractivity contribution in [2.24, 2.45) is 5.73 Å². The second-order valence-corrected chi connectivity index (χ2v) is 2.43. The van der Waals surface area contributed by atoms with Crippen LogP contribution in [0.5, 0.6) is 0 Å². The minimum Gasteiger partial charge on any atom is -0.333 e. The zero-order valence-corrected chi connectivity index (χ0v) is 8.09. The molecule has 2 aromatic heterocycles. The monoisotopic (exact) mass is 187 g/mol. The highest BCUT2D eigenvalue weighted by molar-refractivity contribution is 5.52. The van der Waals surface area contributed by atoms with Gasteiger partial charge in [0.05, 0.1) is 11.4 Å². The maximum absolute atomic E-state index is 4.50. The van der Waals surface area contributed by atoms with Crippen molar-refractivity contribution in [2.75, 3.05) is 7.05 Å². The molecule has 14 heavy (non-hydrogen) atoms. The summed E-state index contributed by atoms with van der Waals surface area (Å²) in [5.41, 5.74) is 6.33. The molecule has 72 valence electrons. The van der Waals surface area contributed by atoms with Gasteiger partial charge in [-0.1, -0.05) is 12.1 Å². The highest BCUT2D eigenvalue weighted by atomic mass is 14.7. The number of nitrogens with two attached hydrogens (primary N) is 1. The third kappa shape index (κ3) is 2.64. The standard InChI is InChI=1S/C10H8N2.CH5N/c1-3-7-11-9(5-1)10-6-2-4-8-12-10;1-2/h1-8H;2H2,1H3. The Kier molecular flexibility index (Phi) is 4.31. The van der Waals surface area contributed by atoms with Gasteiger partial charge in [0.15, 0.2) is 0 Å². The van der Waals surface area contributed by atoms with Gasteiger partial charge in [-0.05, 0) is 31.3 Å². The van der Waals surface area contributed by atoms with E-state index >= 15 is 0 Å². The van der Waals surface area contributed by atoms with Gasteiger partial charge in [-0.25, -0.2) is 0 Å². The summed E-state index contributed by atoms with van der Waals surface area (Å²) < 4.78 is 0.